The lowest BCUT2D eigenvalue weighted by atomic mass is 10.2. The number of piperazine rings is 1. The van der Waals surface area contributed by atoms with Gasteiger partial charge in [-0.05, 0) is 32.5 Å². The molecule has 1 saturated heterocycles. The van der Waals surface area contributed by atoms with Crippen LogP contribution in [0.5, 0.6) is 5.75 Å². The van der Waals surface area contributed by atoms with E-state index in [4.69, 9.17) is 4.74 Å². The lowest BCUT2D eigenvalue weighted by Gasteiger charge is -2.35. The molecule has 1 aliphatic heterocycles. The van der Waals surface area contributed by atoms with E-state index in [9.17, 15) is 4.79 Å². The molecule has 0 spiro atoms. The molecule has 1 N–H and O–H groups in total. The average Bonchev–Trinajstić information content (AvgIpc) is 2.59. The molecule has 0 bridgehead atoms. The molecule has 23 heavy (non-hydrogen) atoms. The van der Waals surface area contributed by atoms with Gasteiger partial charge in [0, 0.05) is 26.2 Å². The van der Waals surface area contributed by atoms with Crippen LogP contribution in [0.3, 0.4) is 0 Å². The van der Waals surface area contributed by atoms with E-state index in [0.717, 1.165) is 38.3 Å². The number of hydrogen-bond acceptors (Lipinski definition) is 4. The number of rotatable bonds is 7. The Morgan fingerprint density at radius 2 is 1.87 bits per heavy atom. The van der Waals surface area contributed by atoms with Gasteiger partial charge in [0.1, 0.15) is 11.9 Å². The maximum atomic E-state index is 12.4. The molecule has 1 aliphatic rings. The van der Waals surface area contributed by atoms with Crippen LogP contribution in [0.25, 0.3) is 0 Å². The molecule has 0 unspecified atom stereocenters. The normalized spacial score (nSPS) is 19.1. The van der Waals surface area contributed by atoms with Gasteiger partial charge in [-0.2, -0.15) is 0 Å². The van der Waals surface area contributed by atoms with E-state index in [2.05, 4.69) is 29.1 Å². The number of para-hydroxylation sites is 1. The molecule has 0 saturated carbocycles. The molecule has 1 aromatic rings. The van der Waals surface area contributed by atoms with E-state index in [1.807, 2.05) is 37.3 Å². The van der Waals surface area contributed by atoms with Gasteiger partial charge in [0.25, 0.3) is 0 Å². The second-order valence-electron chi connectivity index (χ2n) is 6.22. The Labute approximate surface area is 139 Å². The van der Waals surface area contributed by atoms with Crippen LogP contribution < -0.4 is 10.1 Å². The molecule has 0 radical (unpaired) electrons. The van der Waals surface area contributed by atoms with E-state index >= 15 is 0 Å². The van der Waals surface area contributed by atoms with Crippen LogP contribution in [-0.4, -0.2) is 67.6 Å². The first-order valence-corrected chi connectivity index (χ1v) is 8.52. The summed E-state index contributed by atoms with van der Waals surface area (Å²) in [5.41, 5.74) is 0. The SMILES string of the molecule is CC[C@@H](CNC(=O)[C@H](C)N1CCN(C)CC1)Oc1ccccc1. The summed E-state index contributed by atoms with van der Waals surface area (Å²) in [6.07, 6.45) is 0.860. The molecular formula is C18H29N3O2. The number of carbonyl (C=O) groups excluding carboxylic acids is 1. The summed E-state index contributed by atoms with van der Waals surface area (Å²) >= 11 is 0. The van der Waals surface area contributed by atoms with Crippen molar-refractivity contribution in [3.8, 4) is 5.75 Å². The van der Waals surface area contributed by atoms with Gasteiger partial charge in [-0.3, -0.25) is 9.69 Å². The van der Waals surface area contributed by atoms with E-state index < -0.39 is 0 Å². The molecule has 0 aromatic heterocycles. The Morgan fingerprint density at radius 1 is 1.22 bits per heavy atom. The molecule has 1 heterocycles. The Hall–Kier alpha value is -1.59. The number of carbonyl (C=O) groups is 1. The van der Waals surface area contributed by atoms with Gasteiger partial charge in [0.2, 0.25) is 5.91 Å². The minimum atomic E-state index is -0.0852. The van der Waals surface area contributed by atoms with Gasteiger partial charge in [-0.25, -0.2) is 0 Å². The highest BCUT2D eigenvalue weighted by atomic mass is 16.5. The Balaban J connectivity index is 1.77. The first kappa shape index (κ1) is 17.8. The van der Waals surface area contributed by atoms with Crippen LogP contribution in [0.2, 0.25) is 0 Å². The van der Waals surface area contributed by atoms with Crippen molar-refractivity contribution in [2.75, 3.05) is 39.8 Å². The predicted molar refractivity (Wildman–Crippen MR) is 92.7 cm³/mol. The highest BCUT2D eigenvalue weighted by Crippen LogP contribution is 2.12. The van der Waals surface area contributed by atoms with E-state index in [1.165, 1.54) is 0 Å². The second kappa shape index (κ2) is 8.89. The molecule has 1 amide bonds. The van der Waals surface area contributed by atoms with Crippen LogP contribution in [-0.2, 0) is 4.79 Å². The minimum Gasteiger partial charge on any atom is -0.489 e. The standard InChI is InChI=1S/C18H29N3O2/c1-4-16(23-17-8-6-5-7-9-17)14-19-18(22)15(2)21-12-10-20(3)11-13-21/h5-9,15-16H,4,10-14H2,1-3H3,(H,19,22)/t15-,16-/m0/s1. The Bertz CT molecular complexity index is 472. The number of amides is 1. The maximum absolute atomic E-state index is 12.4. The number of likely N-dealkylation sites (N-methyl/N-ethyl adjacent to an activating group) is 1. The first-order valence-electron chi connectivity index (χ1n) is 8.52. The molecule has 2 atom stereocenters. The summed E-state index contributed by atoms with van der Waals surface area (Å²) in [5.74, 6) is 0.936. The number of ether oxygens (including phenoxy) is 1. The highest BCUT2D eigenvalue weighted by molar-refractivity contribution is 5.81. The highest BCUT2D eigenvalue weighted by Gasteiger charge is 2.24. The number of hydrogen-bond donors (Lipinski definition) is 1. The van der Waals surface area contributed by atoms with Gasteiger partial charge in [-0.1, -0.05) is 25.1 Å². The smallest absolute Gasteiger partial charge is 0.237 e. The molecule has 2 rings (SSSR count). The summed E-state index contributed by atoms with van der Waals surface area (Å²) < 4.78 is 5.92. The lowest BCUT2D eigenvalue weighted by Crippen LogP contribution is -2.53. The van der Waals surface area contributed by atoms with E-state index in [-0.39, 0.29) is 18.1 Å². The predicted octanol–water partition coefficient (Wildman–Crippen LogP) is 1.60. The molecular weight excluding hydrogens is 290 g/mol. The van der Waals surface area contributed by atoms with Crippen LogP contribution >= 0.6 is 0 Å². The fraction of sp³-hybridized carbons (Fsp3) is 0.611. The summed E-state index contributed by atoms with van der Waals surface area (Å²) in [5, 5.41) is 3.04. The third-order valence-electron chi connectivity index (χ3n) is 4.47. The molecule has 1 aromatic carbocycles. The number of nitrogens with one attached hydrogen (secondary N) is 1. The van der Waals surface area contributed by atoms with Gasteiger partial charge >= 0.3 is 0 Å². The zero-order chi connectivity index (χ0) is 16.7. The topological polar surface area (TPSA) is 44.8 Å². The summed E-state index contributed by atoms with van der Waals surface area (Å²) in [6, 6.07) is 9.67. The summed E-state index contributed by atoms with van der Waals surface area (Å²) in [4.78, 5) is 16.9. The van der Waals surface area contributed by atoms with Crippen LogP contribution in [0.1, 0.15) is 20.3 Å². The molecule has 5 nitrogen and oxygen atoms in total. The van der Waals surface area contributed by atoms with E-state index in [0.29, 0.717) is 6.54 Å². The van der Waals surface area contributed by atoms with E-state index in [1.54, 1.807) is 0 Å². The molecule has 128 valence electrons. The quantitative estimate of drug-likeness (QED) is 0.829. The second-order valence-corrected chi connectivity index (χ2v) is 6.22. The Kier molecular flexibility index (Phi) is 6.86. The van der Waals surface area contributed by atoms with Crippen molar-refractivity contribution < 1.29 is 9.53 Å². The van der Waals surface area contributed by atoms with Gasteiger partial charge in [0.15, 0.2) is 0 Å². The van der Waals surface area contributed by atoms with Gasteiger partial charge in [0.05, 0.1) is 12.6 Å². The molecule has 0 aliphatic carbocycles. The van der Waals surface area contributed by atoms with Crippen LogP contribution in [0.4, 0.5) is 0 Å². The molecule has 1 fully saturated rings. The van der Waals surface area contributed by atoms with Crippen LogP contribution in [0, 0.1) is 0 Å². The molecule has 5 heteroatoms. The van der Waals surface area contributed by atoms with Crippen LogP contribution in [0.15, 0.2) is 30.3 Å². The monoisotopic (exact) mass is 319 g/mol. The van der Waals surface area contributed by atoms with Crippen molar-refractivity contribution in [1.29, 1.82) is 0 Å². The van der Waals surface area contributed by atoms with Crippen molar-refractivity contribution in [3.63, 3.8) is 0 Å². The maximum Gasteiger partial charge on any atom is 0.237 e. The van der Waals surface area contributed by atoms with Gasteiger partial charge < -0.3 is 15.0 Å². The fourth-order valence-corrected chi connectivity index (χ4v) is 2.70. The average molecular weight is 319 g/mol. The summed E-state index contributed by atoms with van der Waals surface area (Å²) in [7, 11) is 2.12. The van der Waals surface area contributed by atoms with Crippen molar-refractivity contribution in [1.82, 2.24) is 15.1 Å². The zero-order valence-corrected chi connectivity index (χ0v) is 14.5. The third kappa shape index (κ3) is 5.52. The first-order chi connectivity index (χ1) is 11.1. The van der Waals surface area contributed by atoms with Crippen molar-refractivity contribution in [2.24, 2.45) is 0 Å². The largest absolute Gasteiger partial charge is 0.489 e. The van der Waals surface area contributed by atoms with Gasteiger partial charge in [-0.15, -0.1) is 0 Å². The zero-order valence-electron chi connectivity index (χ0n) is 14.5. The van der Waals surface area contributed by atoms with Crippen molar-refractivity contribution >= 4 is 5.91 Å². The summed E-state index contributed by atoms with van der Waals surface area (Å²) in [6.45, 7) is 8.54. The minimum absolute atomic E-state index is 0.000962. The number of nitrogens with zero attached hydrogens (tertiary/aromatic N) is 2. The number of benzene rings is 1. The third-order valence-corrected chi connectivity index (χ3v) is 4.47. The van der Waals surface area contributed by atoms with Crippen molar-refractivity contribution in [3.05, 3.63) is 30.3 Å². The van der Waals surface area contributed by atoms with Crippen molar-refractivity contribution in [2.45, 2.75) is 32.4 Å². The Morgan fingerprint density at radius 3 is 2.48 bits per heavy atom. The fourth-order valence-electron chi connectivity index (χ4n) is 2.70. The lowest BCUT2D eigenvalue weighted by molar-refractivity contribution is -0.126.